The van der Waals surface area contributed by atoms with Crippen molar-refractivity contribution in [2.75, 3.05) is 26.8 Å². The van der Waals surface area contributed by atoms with Gasteiger partial charge in [0.05, 0.1) is 32.3 Å². The smallest absolute Gasteiger partial charge is 0.309 e. The molecule has 1 fully saturated rings. The first-order valence-electron chi connectivity index (χ1n) is 12.0. The maximum absolute atomic E-state index is 13.9. The van der Waals surface area contributed by atoms with Gasteiger partial charge in [0.15, 0.2) is 0 Å². The molecule has 0 aromatic heterocycles. The number of esters is 1. The molecule has 34 heavy (non-hydrogen) atoms. The van der Waals surface area contributed by atoms with Crippen molar-refractivity contribution >= 4 is 12.0 Å². The van der Waals surface area contributed by atoms with Crippen LogP contribution in [0.25, 0.3) is 6.08 Å². The third-order valence-corrected chi connectivity index (χ3v) is 6.43. The van der Waals surface area contributed by atoms with Crippen LogP contribution in [0.1, 0.15) is 54.5 Å². The lowest BCUT2D eigenvalue weighted by Gasteiger charge is -2.27. The van der Waals surface area contributed by atoms with Crippen LogP contribution in [0.2, 0.25) is 0 Å². The van der Waals surface area contributed by atoms with Crippen LogP contribution in [0.15, 0.2) is 48.5 Å². The first-order valence-corrected chi connectivity index (χ1v) is 12.0. The molecule has 1 N–H and O–H groups in total. The van der Waals surface area contributed by atoms with Gasteiger partial charge in [0.2, 0.25) is 0 Å². The second-order valence-electron chi connectivity index (χ2n) is 9.02. The fourth-order valence-corrected chi connectivity index (χ4v) is 4.47. The summed E-state index contributed by atoms with van der Waals surface area (Å²) in [5, 5.41) is 10.7. The molecular weight excluding hydrogens is 433 g/mol. The van der Waals surface area contributed by atoms with Crippen LogP contribution in [-0.2, 0) is 20.7 Å². The number of aliphatic hydroxyl groups excluding tert-OH is 1. The lowest BCUT2D eigenvalue weighted by Crippen LogP contribution is -2.39. The van der Waals surface area contributed by atoms with E-state index in [1.807, 2.05) is 49.4 Å². The van der Waals surface area contributed by atoms with Crippen LogP contribution in [-0.4, -0.2) is 54.9 Å². The van der Waals surface area contributed by atoms with Crippen molar-refractivity contribution in [1.82, 2.24) is 4.90 Å². The van der Waals surface area contributed by atoms with Gasteiger partial charge in [-0.3, -0.25) is 9.69 Å². The number of hydrogen-bond acceptors (Lipinski definition) is 5. The largest absolute Gasteiger partial charge is 0.469 e. The van der Waals surface area contributed by atoms with Gasteiger partial charge in [0, 0.05) is 12.6 Å². The molecule has 0 aliphatic carbocycles. The van der Waals surface area contributed by atoms with Gasteiger partial charge in [-0.05, 0) is 68.0 Å². The second-order valence-corrected chi connectivity index (χ2v) is 9.02. The molecule has 0 bridgehead atoms. The third-order valence-electron chi connectivity index (χ3n) is 6.43. The van der Waals surface area contributed by atoms with E-state index in [1.165, 1.54) is 7.11 Å². The summed E-state index contributed by atoms with van der Waals surface area (Å²) in [4.78, 5) is 13.6. The number of nitrogens with zero attached hydrogens (tertiary/aromatic N) is 1. The van der Waals surface area contributed by atoms with E-state index >= 15 is 0 Å². The number of carbonyl (C=O) groups excluding carboxylic acids is 1. The molecule has 1 saturated heterocycles. The number of β-amino-alcohol motifs (C(OH)–C–C–N with tert-alkyl or cyclic N) is 1. The van der Waals surface area contributed by atoms with Crippen molar-refractivity contribution in [3.63, 3.8) is 0 Å². The van der Waals surface area contributed by atoms with Crippen molar-refractivity contribution in [3.05, 3.63) is 76.6 Å². The summed E-state index contributed by atoms with van der Waals surface area (Å²) in [6, 6.07) is 13.6. The highest BCUT2D eigenvalue weighted by atomic mass is 19.1. The monoisotopic (exact) mass is 469 g/mol. The van der Waals surface area contributed by atoms with Gasteiger partial charge in [-0.2, -0.15) is 0 Å². The molecule has 1 aliphatic rings. The summed E-state index contributed by atoms with van der Waals surface area (Å²) in [7, 11) is 1.37. The Labute approximate surface area is 202 Å². The number of ether oxygens (including phenoxy) is 2. The maximum Gasteiger partial charge on any atom is 0.309 e. The van der Waals surface area contributed by atoms with Gasteiger partial charge >= 0.3 is 5.97 Å². The Morgan fingerprint density at radius 2 is 2.09 bits per heavy atom. The lowest BCUT2D eigenvalue weighted by atomic mass is 10.0. The molecule has 3 atom stereocenters. The SMILES string of the molecule is COC(=O)CC=Cc1ccccc1[C@@H](C)OC[C@H](O)CN1CCC[C@H]1Cc1ccc(C)c(F)c1. The molecule has 0 amide bonds. The van der Waals surface area contributed by atoms with Gasteiger partial charge in [-0.15, -0.1) is 0 Å². The average molecular weight is 470 g/mol. The summed E-state index contributed by atoms with van der Waals surface area (Å²) in [6.07, 6.45) is 5.97. The Morgan fingerprint density at radius 3 is 2.85 bits per heavy atom. The van der Waals surface area contributed by atoms with Crippen LogP contribution < -0.4 is 0 Å². The van der Waals surface area contributed by atoms with Gasteiger partial charge in [-0.25, -0.2) is 4.39 Å². The van der Waals surface area contributed by atoms with E-state index in [0.717, 1.165) is 42.5 Å². The molecule has 5 nitrogen and oxygen atoms in total. The first-order chi connectivity index (χ1) is 16.4. The van der Waals surface area contributed by atoms with Crippen molar-refractivity contribution in [3.8, 4) is 0 Å². The predicted molar refractivity (Wildman–Crippen MR) is 132 cm³/mol. The minimum absolute atomic E-state index is 0.162. The molecule has 2 aromatic carbocycles. The predicted octanol–water partition coefficient (Wildman–Crippen LogP) is 4.86. The zero-order valence-electron chi connectivity index (χ0n) is 20.4. The zero-order chi connectivity index (χ0) is 24.5. The van der Waals surface area contributed by atoms with E-state index in [0.29, 0.717) is 18.2 Å². The van der Waals surface area contributed by atoms with E-state index in [-0.39, 0.29) is 30.9 Å². The third kappa shape index (κ3) is 7.49. The lowest BCUT2D eigenvalue weighted by molar-refractivity contribution is -0.139. The molecule has 1 heterocycles. The molecule has 0 spiro atoms. The van der Waals surface area contributed by atoms with Gasteiger partial charge in [-0.1, -0.05) is 48.6 Å². The molecule has 0 saturated carbocycles. The average Bonchev–Trinajstić information content (AvgIpc) is 3.26. The van der Waals surface area contributed by atoms with Gasteiger partial charge < -0.3 is 14.6 Å². The number of likely N-dealkylation sites (tertiary alicyclic amines) is 1. The zero-order valence-corrected chi connectivity index (χ0v) is 20.4. The van der Waals surface area contributed by atoms with E-state index in [4.69, 9.17) is 4.74 Å². The standard InChI is InChI=1S/C28H36FNO4/c1-20-13-14-22(17-27(20)29)16-24-10-7-15-30(24)18-25(31)19-34-21(2)26-11-5-4-8-23(26)9-6-12-28(32)33-3/h4-6,8-9,11,13-14,17,21,24-25,31H,7,10,12,15-16,18-19H2,1-3H3/t21-,24+,25-/m1/s1. The minimum atomic E-state index is -0.611. The van der Waals surface area contributed by atoms with E-state index < -0.39 is 6.10 Å². The molecule has 2 aromatic rings. The number of hydrogen-bond donors (Lipinski definition) is 1. The van der Waals surface area contributed by atoms with Gasteiger partial charge in [0.25, 0.3) is 0 Å². The van der Waals surface area contributed by atoms with Crippen LogP contribution in [0.4, 0.5) is 4.39 Å². The van der Waals surface area contributed by atoms with Crippen molar-refractivity contribution in [2.45, 2.75) is 57.8 Å². The molecule has 6 heteroatoms. The molecular formula is C28H36FNO4. The van der Waals surface area contributed by atoms with Crippen molar-refractivity contribution in [1.29, 1.82) is 0 Å². The summed E-state index contributed by atoms with van der Waals surface area (Å²) < 4.78 is 24.6. The fraction of sp³-hybridized carbons (Fsp3) is 0.464. The quantitative estimate of drug-likeness (QED) is 0.477. The Kier molecular flexibility index (Phi) is 9.81. The number of carbonyl (C=O) groups is 1. The molecule has 1 aliphatic heterocycles. The molecule has 184 valence electrons. The highest BCUT2D eigenvalue weighted by Gasteiger charge is 2.27. The fourth-order valence-electron chi connectivity index (χ4n) is 4.47. The number of aryl methyl sites for hydroxylation is 1. The molecule has 3 rings (SSSR count). The number of benzene rings is 2. The summed E-state index contributed by atoms with van der Waals surface area (Å²) in [5.74, 6) is -0.446. The number of aliphatic hydroxyl groups is 1. The first kappa shape index (κ1) is 26.1. The number of methoxy groups -OCH3 is 1. The summed E-state index contributed by atoms with van der Waals surface area (Å²) in [5.41, 5.74) is 3.63. The summed E-state index contributed by atoms with van der Waals surface area (Å²) >= 11 is 0. The highest BCUT2D eigenvalue weighted by molar-refractivity contribution is 5.72. The summed E-state index contributed by atoms with van der Waals surface area (Å²) in [6.45, 7) is 5.43. The van der Waals surface area contributed by atoms with Crippen LogP contribution in [0, 0.1) is 12.7 Å². The Balaban J connectivity index is 1.52. The Hall–Kier alpha value is -2.54. The maximum atomic E-state index is 13.9. The van der Waals surface area contributed by atoms with Crippen molar-refractivity contribution in [2.24, 2.45) is 0 Å². The Morgan fingerprint density at radius 1 is 1.29 bits per heavy atom. The molecule has 0 unspecified atom stereocenters. The van der Waals surface area contributed by atoms with Crippen molar-refractivity contribution < 1.29 is 23.8 Å². The number of rotatable bonds is 11. The van der Waals surface area contributed by atoms with E-state index in [1.54, 1.807) is 19.1 Å². The van der Waals surface area contributed by atoms with E-state index in [2.05, 4.69) is 9.64 Å². The van der Waals surface area contributed by atoms with Crippen LogP contribution in [0.5, 0.6) is 0 Å². The normalized spacial score (nSPS) is 18.3. The second kappa shape index (κ2) is 12.8. The van der Waals surface area contributed by atoms with E-state index in [9.17, 15) is 14.3 Å². The highest BCUT2D eigenvalue weighted by Crippen LogP contribution is 2.25. The van der Waals surface area contributed by atoms with Crippen LogP contribution in [0.3, 0.4) is 0 Å². The Bertz CT molecular complexity index is 977. The topological polar surface area (TPSA) is 59.0 Å². The van der Waals surface area contributed by atoms with Gasteiger partial charge in [0.1, 0.15) is 5.82 Å². The minimum Gasteiger partial charge on any atom is -0.469 e. The molecule has 0 radical (unpaired) electrons. The number of halogens is 1. The van der Waals surface area contributed by atoms with Crippen LogP contribution >= 0.6 is 0 Å².